The number of halogens is 1. The zero-order valence-electron chi connectivity index (χ0n) is 15.7. The van der Waals surface area contributed by atoms with Crippen molar-refractivity contribution in [3.05, 3.63) is 41.5 Å². The van der Waals surface area contributed by atoms with Gasteiger partial charge in [-0.2, -0.15) is 0 Å². The molecule has 2 aliphatic carbocycles. The zero-order chi connectivity index (χ0) is 18.3. The van der Waals surface area contributed by atoms with Crippen molar-refractivity contribution in [2.24, 2.45) is 0 Å². The van der Waals surface area contributed by atoms with Crippen LogP contribution in [0.4, 0.5) is 0 Å². The van der Waals surface area contributed by atoms with Crippen LogP contribution in [0.15, 0.2) is 24.5 Å². The lowest BCUT2D eigenvalue weighted by molar-refractivity contribution is -0.0309. The number of aromatic nitrogens is 3. The number of hydrogen-bond acceptors (Lipinski definition) is 4. The molecule has 1 N–H and O–H groups in total. The van der Waals surface area contributed by atoms with Crippen LogP contribution in [-0.2, 0) is 22.7 Å². The molecule has 0 spiro atoms. The Hall–Kier alpha value is -1.43. The molecule has 27 heavy (non-hydrogen) atoms. The van der Waals surface area contributed by atoms with Crippen molar-refractivity contribution in [3.8, 4) is 5.69 Å². The monoisotopic (exact) mass is 386 g/mol. The standard InChI is InChI=1S/C21H27ClN4O/c22-21(9-7-18(8-10-21)27-17-3-1-2-4-17)16-5-6-19-15(11-16)12-23-13-20-25-24-14-26(19)20/h5-6,11,14,17-18,23H,1-4,7-10,12-13H2. The van der Waals surface area contributed by atoms with Crippen LogP contribution in [0.2, 0.25) is 0 Å². The highest BCUT2D eigenvalue weighted by Gasteiger charge is 2.37. The van der Waals surface area contributed by atoms with E-state index in [9.17, 15) is 0 Å². The van der Waals surface area contributed by atoms with Crippen molar-refractivity contribution in [2.45, 2.75) is 81.5 Å². The fourth-order valence-corrected chi connectivity index (χ4v) is 5.24. The van der Waals surface area contributed by atoms with Crippen LogP contribution >= 0.6 is 11.6 Å². The summed E-state index contributed by atoms with van der Waals surface area (Å²) in [5, 5.41) is 11.7. The minimum absolute atomic E-state index is 0.271. The van der Waals surface area contributed by atoms with Crippen LogP contribution in [-0.4, -0.2) is 27.0 Å². The van der Waals surface area contributed by atoms with Crippen LogP contribution in [0.1, 0.15) is 68.3 Å². The largest absolute Gasteiger partial charge is 0.375 e. The Morgan fingerprint density at radius 3 is 2.67 bits per heavy atom. The molecule has 5 rings (SSSR count). The van der Waals surface area contributed by atoms with E-state index in [-0.39, 0.29) is 4.87 Å². The van der Waals surface area contributed by atoms with Crippen molar-refractivity contribution >= 4 is 11.6 Å². The summed E-state index contributed by atoms with van der Waals surface area (Å²) < 4.78 is 8.41. The molecule has 0 amide bonds. The van der Waals surface area contributed by atoms with Gasteiger partial charge < -0.3 is 10.1 Å². The summed E-state index contributed by atoms with van der Waals surface area (Å²) in [4.78, 5) is -0.271. The third-order valence-electron chi connectivity index (χ3n) is 6.49. The first-order chi connectivity index (χ1) is 13.2. The van der Waals surface area contributed by atoms with Gasteiger partial charge in [0, 0.05) is 6.54 Å². The zero-order valence-corrected chi connectivity index (χ0v) is 16.4. The van der Waals surface area contributed by atoms with E-state index in [1.807, 2.05) is 0 Å². The predicted octanol–water partition coefficient (Wildman–Crippen LogP) is 4.21. The maximum Gasteiger partial charge on any atom is 0.151 e. The third-order valence-corrected chi connectivity index (χ3v) is 7.08. The normalized spacial score (nSPS) is 28.6. The molecule has 3 aliphatic rings. The summed E-state index contributed by atoms with van der Waals surface area (Å²) in [5.74, 6) is 0.951. The first-order valence-corrected chi connectivity index (χ1v) is 10.7. The van der Waals surface area contributed by atoms with Gasteiger partial charge in [0.25, 0.3) is 0 Å². The Balaban J connectivity index is 1.33. The predicted molar refractivity (Wildman–Crippen MR) is 105 cm³/mol. The summed E-state index contributed by atoms with van der Waals surface area (Å²) in [6, 6.07) is 6.65. The Bertz CT molecular complexity index is 806. The van der Waals surface area contributed by atoms with E-state index in [1.165, 1.54) is 36.8 Å². The Morgan fingerprint density at radius 2 is 1.85 bits per heavy atom. The number of alkyl halides is 1. The third kappa shape index (κ3) is 3.41. The highest BCUT2D eigenvalue weighted by atomic mass is 35.5. The van der Waals surface area contributed by atoms with Crippen LogP contribution in [0.25, 0.3) is 5.69 Å². The van der Waals surface area contributed by atoms with Gasteiger partial charge in [-0.1, -0.05) is 25.0 Å². The van der Waals surface area contributed by atoms with Gasteiger partial charge in [0.1, 0.15) is 6.33 Å². The first kappa shape index (κ1) is 17.7. The molecular formula is C21H27ClN4O. The Labute approximate surface area is 165 Å². The van der Waals surface area contributed by atoms with Gasteiger partial charge in [-0.3, -0.25) is 4.57 Å². The van der Waals surface area contributed by atoms with Gasteiger partial charge in [0.15, 0.2) is 5.82 Å². The maximum absolute atomic E-state index is 7.14. The fraction of sp³-hybridized carbons (Fsp3) is 0.619. The molecule has 6 heteroatoms. The molecule has 2 saturated carbocycles. The van der Waals surface area contributed by atoms with Crippen molar-refractivity contribution < 1.29 is 4.74 Å². The quantitative estimate of drug-likeness (QED) is 0.803. The number of fused-ring (bicyclic) bond motifs is 3. The molecule has 0 radical (unpaired) electrons. The second-order valence-corrected chi connectivity index (χ2v) is 8.99. The van der Waals surface area contributed by atoms with Crippen LogP contribution < -0.4 is 5.32 Å². The van der Waals surface area contributed by atoms with Crippen molar-refractivity contribution in [2.75, 3.05) is 0 Å². The Kier molecular flexibility index (Phi) is 4.70. The van der Waals surface area contributed by atoms with E-state index in [0.29, 0.717) is 12.2 Å². The number of nitrogens with one attached hydrogen (secondary N) is 1. The number of hydrogen-bond donors (Lipinski definition) is 1. The van der Waals surface area contributed by atoms with Gasteiger partial charge in [0.05, 0.1) is 29.3 Å². The summed E-state index contributed by atoms with van der Waals surface area (Å²) >= 11 is 7.14. The van der Waals surface area contributed by atoms with Gasteiger partial charge >= 0.3 is 0 Å². The number of ether oxygens (including phenoxy) is 1. The molecule has 144 valence electrons. The molecule has 1 aromatic carbocycles. The highest BCUT2D eigenvalue weighted by Crippen LogP contribution is 2.45. The summed E-state index contributed by atoms with van der Waals surface area (Å²) in [5.41, 5.74) is 3.65. The Morgan fingerprint density at radius 1 is 1.07 bits per heavy atom. The van der Waals surface area contributed by atoms with Crippen molar-refractivity contribution in [1.82, 2.24) is 20.1 Å². The van der Waals surface area contributed by atoms with Gasteiger partial charge in [-0.05, 0) is 55.7 Å². The van der Waals surface area contributed by atoms with Crippen molar-refractivity contribution in [3.63, 3.8) is 0 Å². The lowest BCUT2D eigenvalue weighted by atomic mass is 9.81. The topological polar surface area (TPSA) is 52.0 Å². The minimum Gasteiger partial charge on any atom is -0.375 e. The fourth-order valence-electron chi connectivity index (χ4n) is 4.90. The smallest absolute Gasteiger partial charge is 0.151 e. The average Bonchev–Trinajstić information content (AvgIpc) is 3.33. The van der Waals surface area contributed by atoms with E-state index in [2.05, 4.69) is 38.3 Å². The van der Waals surface area contributed by atoms with E-state index in [1.54, 1.807) is 6.33 Å². The van der Waals surface area contributed by atoms with E-state index in [4.69, 9.17) is 16.3 Å². The lowest BCUT2D eigenvalue weighted by Crippen LogP contribution is -2.32. The number of benzene rings is 1. The average molecular weight is 387 g/mol. The maximum atomic E-state index is 7.14. The van der Waals surface area contributed by atoms with Gasteiger partial charge in [0.2, 0.25) is 0 Å². The van der Waals surface area contributed by atoms with Crippen LogP contribution in [0, 0.1) is 0 Å². The minimum atomic E-state index is -0.271. The molecule has 2 fully saturated rings. The molecule has 1 aliphatic heterocycles. The molecule has 2 aromatic rings. The first-order valence-electron chi connectivity index (χ1n) is 10.3. The molecule has 0 atom stereocenters. The molecule has 0 saturated heterocycles. The van der Waals surface area contributed by atoms with Crippen LogP contribution in [0.3, 0.4) is 0 Å². The second kappa shape index (κ2) is 7.19. The van der Waals surface area contributed by atoms with E-state index < -0.39 is 0 Å². The summed E-state index contributed by atoms with van der Waals surface area (Å²) in [6.45, 7) is 1.56. The molecule has 0 unspecified atom stereocenters. The molecule has 2 heterocycles. The molecular weight excluding hydrogens is 360 g/mol. The summed E-state index contributed by atoms with van der Waals surface area (Å²) in [6.07, 6.45) is 11.9. The second-order valence-electron chi connectivity index (χ2n) is 8.27. The SMILES string of the molecule is ClC1(c2ccc3c(c2)CNCc2nncn2-3)CCC(OC2CCCC2)CC1. The van der Waals surface area contributed by atoms with Gasteiger partial charge in [-0.15, -0.1) is 21.8 Å². The molecule has 1 aromatic heterocycles. The van der Waals surface area contributed by atoms with E-state index >= 15 is 0 Å². The number of rotatable bonds is 3. The summed E-state index contributed by atoms with van der Waals surface area (Å²) in [7, 11) is 0. The van der Waals surface area contributed by atoms with Crippen molar-refractivity contribution in [1.29, 1.82) is 0 Å². The molecule has 0 bridgehead atoms. The van der Waals surface area contributed by atoms with Crippen LogP contribution in [0.5, 0.6) is 0 Å². The van der Waals surface area contributed by atoms with Gasteiger partial charge in [-0.25, -0.2) is 0 Å². The lowest BCUT2D eigenvalue weighted by Gasteiger charge is -2.37. The molecule has 5 nitrogen and oxygen atoms in total. The van der Waals surface area contributed by atoms with E-state index in [0.717, 1.165) is 50.3 Å². The highest BCUT2D eigenvalue weighted by molar-refractivity contribution is 6.24. The number of nitrogens with zero attached hydrogens (tertiary/aromatic N) is 3.